The van der Waals surface area contributed by atoms with Crippen LogP contribution < -0.4 is 5.32 Å². The van der Waals surface area contributed by atoms with Crippen LogP contribution in [0.4, 0.5) is 0 Å². The molecule has 4 nitrogen and oxygen atoms in total. The minimum Gasteiger partial charge on any atom is -0.508 e. The van der Waals surface area contributed by atoms with Crippen molar-refractivity contribution in [2.45, 2.75) is 19.0 Å². The summed E-state index contributed by atoms with van der Waals surface area (Å²) in [5.74, 6) is -0.666. The summed E-state index contributed by atoms with van der Waals surface area (Å²) in [5.41, 5.74) is 1.92. The van der Waals surface area contributed by atoms with Gasteiger partial charge in [-0.05, 0) is 29.7 Å². The predicted octanol–water partition coefficient (Wildman–Crippen LogP) is 2.18. The van der Waals surface area contributed by atoms with Gasteiger partial charge in [-0.15, -0.1) is 0 Å². The lowest BCUT2D eigenvalue weighted by Crippen LogP contribution is -2.38. The monoisotopic (exact) mass is 271 g/mol. The fourth-order valence-corrected chi connectivity index (χ4v) is 1.95. The van der Waals surface area contributed by atoms with Gasteiger partial charge in [0.15, 0.2) is 0 Å². The van der Waals surface area contributed by atoms with Crippen LogP contribution in [-0.4, -0.2) is 22.2 Å². The average Bonchev–Trinajstić information content (AvgIpc) is 2.46. The fourth-order valence-electron chi connectivity index (χ4n) is 1.95. The number of carboxylic acids is 1. The summed E-state index contributed by atoms with van der Waals surface area (Å²) in [6.07, 6.45) is 0.439. The van der Waals surface area contributed by atoms with E-state index in [2.05, 4.69) is 5.32 Å². The van der Waals surface area contributed by atoms with Gasteiger partial charge in [0.25, 0.3) is 0 Å². The molecule has 0 spiro atoms. The lowest BCUT2D eigenvalue weighted by molar-refractivity contribution is -0.139. The Bertz CT molecular complexity index is 552. The third-order valence-corrected chi connectivity index (χ3v) is 3.07. The summed E-state index contributed by atoms with van der Waals surface area (Å²) >= 11 is 0. The van der Waals surface area contributed by atoms with Crippen molar-refractivity contribution in [2.24, 2.45) is 0 Å². The van der Waals surface area contributed by atoms with Crippen LogP contribution in [0, 0.1) is 0 Å². The van der Waals surface area contributed by atoms with Crippen LogP contribution in [0.3, 0.4) is 0 Å². The smallest absolute Gasteiger partial charge is 0.321 e. The second kappa shape index (κ2) is 6.73. The van der Waals surface area contributed by atoms with E-state index in [0.717, 1.165) is 11.1 Å². The van der Waals surface area contributed by atoms with E-state index >= 15 is 0 Å². The minimum atomic E-state index is -0.868. The first-order valence-electron chi connectivity index (χ1n) is 6.43. The van der Waals surface area contributed by atoms with E-state index in [1.165, 1.54) is 0 Å². The normalized spacial score (nSPS) is 12.0. The van der Waals surface area contributed by atoms with E-state index in [0.29, 0.717) is 13.0 Å². The molecule has 0 aliphatic heterocycles. The van der Waals surface area contributed by atoms with Crippen molar-refractivity contribution in [1.82, 2.24) is 5.32 Å². The summed E-state index contributed by atoms with van der Waals surface area (Å²) in [4.78, 5) is 11.3. The van der Waals surface area contributed by atoms with Crippen LogP contribution in [-0.2, 0) is 17.8 Å². The second-order valence-corrected chi connectivity index (χ2v) is 4.63. The number of phenolic OH excluding ortho intramolecular Hbond substituents is 1. The maximum atomic E-state index is 11.3. The van der Waals surface area contributed by atoms with Gasteiger partial charge >= 0.3 is 5.97 Å². The molecule has 0 radical (unpaired) electrons. The Morgan fingerprint density at radius 3 is 2.25 bits per heavy atom. The van der Waals surface area contributed by atoms with Crippen LogP contribution in [0.5, 0.6) is 5.75 Å². The van der Waals surface area contributed by atoms with Crippen molar-refractivity contribution in [2.75, 3.05) is 0 Å². The standard InChI is InChI=1S/C16H17NO3/c18-14-8-6-13(7-9-14)11-17-15(16(19)20)10-12-4-2-1-3-5-12/h1-9,15,17-18H,10-11H2,(H,19,20). The SMILES string of the molecule is O=C(O)C(Cc1ccccc1)NCc1ccc(O)cc1. The highest BCUT2D eigenvalue weighted by Crippen LogP contribution is 2.10. The van der Waals surface area contributed by atoms with Crippen LogP contribution in [0.25, 0.3) is 0 Å². The number of aliphatic carboxylic acids is 1. The first-order chi connectivity index (χ1) is 9.65. The van der Waals surface area contributed by atoms with Crippen molar-refractivity contribution in [3.63, 3.8) is 0 Å². The molecule has 0 heterocycles. The zero-order valence-electron chi connectivity index (χ0n) is 11.0. The Morgan fingerprint density at radius 1 is 1.00 bits per heavy atom. The van der Waals surface area contributed by atoms with Gasteiger partial charge in [0.05, 0.1) is 0 Å². The topological polar surface area (TPSA) is 69.6 Å². The predicted molar refractivity (Wildman–Crippen MR) is 76.5 cm³/mol. The van der Waals surface area contributed by atoms with Crippen LogP contribution in [0.1, 0.15) is 11.1 Å². The molecule has 3 N–H and O–H groups in total. The van der Waals surface area contributed by atoms with Crippen molar-refractivity contribution >= 4 is 5.97 Å². The van der Waals surface area contributed by atoms with Crippen molar-refractivity contribution in [1.29, 1.82) is 0 Å². The van der Waals surface area contributed by atoms with Crippen LogP contribution in [0.15, 0.2) is 54.6 Å². The molecule has 0 aliphatic rings. The Labute approximate surface area is 117 Å². The molecule has 0 aromatic heterocycles. The third kappa shape index (κ3) is 4.10. The summed E-state index contributed by atoms with van der Waals surface area (Å²) in [6.45, 7) is 0.448. The Balaban J connectivity index is 1.96. The van der Waals surface area contributed by atoms with Gasteiger partial charge in [-0.3, -0.25) is 4.79 Å². The van der Waals surface area contributed by atoms with Gasteiger partial charge in [-0.2, -0.15) is 0 Å². The maximum Gasteiger partial charge on any atom is 0.321 e. The maximum absolute atomic E-state index is 11.3. The Morgan fingerprint density at radius 2 is 1.65 bits per heavy atom. The van der Waals surface area contributed by atoms with Crippen molar-refractivity contribution in [3.05, 3.63) is 65.7 Å². The zero-order valence-corrected chi connectivity index (χ0v) is 11.0. The number of rotatable bonds is 6. The highest BCUT2D eigenvalue weighted by molar-refractivity contribution is 5.73. The fraction of sp³-hybridized carbons (Fsp3) is 0.188. The number of hydrogen-bond acceptors (Lipinski definition) is 3. The molecular weight excluding hydrogens is 254 g/mol. The molecule has 0 saturated carbocycles. The average molecular weight is 271 g/mol. The molecule has 104 valence electrons. The summed E-state index contributed by atoms with van der Waals surface area (Å²) in [7, 11) is 0. The van der Waals surface area contributed by atoms with Crippen LogP contribution >= 0.6 is 0 Å². The molecule has 2 aromatic rings. The number of benzene rings is 2. The molecule has 0 bridgehead atoms. The lowest BCUT2D eigenvalue weighted by Gasteiger charge is -2.14. The van der Waals surface area contributed by atoms with Gasteiger partial charge < -0.3 is 15.5 Å². The highest BCUT2D eigenvalue weighted by Gasteiger charge is 2.17. The largest absolute Gasteiger partial charge is 0.508 e. The van der Waals surface area contributed by atoms with E-state index in [1.807, 2.05) is 30.3 Å². The molecule has 2 aromatic carbocycles. The molecule has 2 rings (SSSR count). The lowest BCUT2D eigenvalue weighted by atomic mass is 10.1. The number of phenols is 1. The summed E-state index contributed by atoms with van der Waals surface area (Å²) < 4.78 is 0. The summed E-state index contributed by atoms with van der Waals surface area (Å²) in [6, 6.07) is 15.6. The van der Waals surface area contributed by atoms with Gasteiger partial charge in [0, 0.05) is 6.54 Å². The molecule has 0 fully saturated rings. The molecule has 0 amide bonds. The minimum absolute atomic E-state index is 0.202. The molecule has 1 unspecified atom stereocenters. The van der Waals surface area contributed by atoms with E-state index in [1.54, 1.807) is 24.3 Å². The first-order valence-corrected chi connectivity index (χ1v) is 6.43. The summed E-state index contributed by atoms with van der Waals surface area (Å²) in [5, 5.41) is 21.5. The van der Waals surface area contributed by atoms with Gasteiger partial charge in [0.2, 0.25) is 0 Å². The quantitative estimate of drug-likeness (QED) is 0.753. The zero-order chi connectivity index (χ0) is 14.4. The number of carboxylic acid groups (broad SMARTS) is 1. The number of carbonyl (C=O) groups is 1. The van der Waals surface area contributed by atoms with Gasteiger partial charge in [0.1, 0.15) is 11.8 Å². The molecule has 20 heavy (non-hydrogen) atoms. The third-order valence-electron chi connectivity index (χ3n) is 3.07. The Kier molecular flexibility index (Phi) is 4.74. The molecular formula is C16H17NO3. The van der Waals surface area contributed by atoms with Crippen molar-refractivity contribution < 1.29 is 15.0 Å². The molecule has 4 heteroatoms. The van der Waals surface area contributed by atoms with E-state index in [4.69, 9.17) is 0 Å². The number of aromatic hydroxyl groups is 1. The number of hydrogen-bond donors (Lipinski definition) is 3. The Hall–Kier alpha value is -2.33. The highest BCUT2D eigenvalue weighted by atomic mass is 16.4. The second-order valence-electron chi connectivity index (χ2n) is 4.63. The first kappa shape index (κ1) is 14.1. The van der Waals surface area contributed by atoms with Gasteiger partial charge in [-0.1, -0.05) is 42.5 Å². The molecule has 0 aliphatic carbocycles. The van der Waals surface area contributed by atoms with E-state index < -0.39 is 12.0 Å². The molecule has 1 atom stereocenters. The van der Waals surface area contributed by atoms with Gasteiger partial charge in [-0.25, -0.2) is 0 Å². The van der Waals surface area contributed by atoms with Crippen molar-refractivity contribution in [3.8, 4) is 5.75 Å². The van der Waals surface area contributed by atoms with Crippen LogP contribution in [0.2, 0.25) is 0 Å². The van der Waals surface area contributed by atoms with E-state index in [9.17, 15) is 15.0 Å². The van der Waals surface area contributed by atoms with E-state index in [-0.39, 0.29) is 5.75 Å². The number of nitrogens with one attached hydrogen (secondary N) is 1. The molecule has 0 saturated heterocycles.